The number of esters is 1. The van der Waals surface area contributed by atoms with Gasteiger partial charge in [0, 0.05) is 0 Å². The zero-order valence-corrected chi connectivity index (χ0v) is 10.8. The van der Waals surface area contributed by atoms with Gasteiger partial charge in [0.2, 0.25) is 0 Å². The van der Waals surface area contributed by atoms with Gasteiger partial charge in [-0.25, -0.2) is 4.79 Å². The zero-order chi connectivity index (χ0) is 13.2. The van der Waals surface area contributed by atoms with Crippen molar-refractivity contribution in [1.82, 2.24) is 0 Å². The molecule has 96 valence electrons. The third kappa shape index (κ3) is 2.37. The number of aliphatic imine (C=N–C) groups is 1. The maximum Gasteiger partial charge on any atom is 0.392 e. The van der Waals surface area contributed by atoms with E-state index in [1.165, 1.54) is 0 Å². The highest BCUT2D eigenvalue weighted by molar-refractivity contribution is 5.96. The van der Waals surface area contributed by atoms with E-state index in [1.54, 1.807) is 6.92 Å². The lowest BCUT2D eigenvalue weighted by atomic mass is 9.90. The lowest BCUT2D eigenvalue weighted by molar-refractivity contribution is -0.141. The van der Waals surface area contributed by atoms with E-state index in [1.807, 2.05) is 44.2 Å². The van der Waals surface area contributed by atoms with E-state index < -0.39 is 5.54 Å². The molecule has 0 saturated carbocycles. The normalized spacial score (nSPS) is 22.9. The minimum Gasteiger partial charge on any atom is -0.445 e. The van der Waals surface area contributed by atoms with Gasteiger partial charge >= 0.3 is 12.1 Å². The molecule has 1 aromatic carbocycles. The molecule has 4 nitrogen and oxygen atoms in total. The third-order valence-electron chi connectivity index (χ3n) is 3.25. The topological polar surface area (TPSA) is 47.9 Å². The standard InChI is InChI=1S/C14H17NO3/c1-10(2)14(3)12(16)18-13(15-14)17-9-11-7-5-4-6-8-11/h4-8,10H,9H2,1-3H3/t14-/m0/s1. The number of hydrogen-bond acceptors (Lipinski definition) is 4. The van der Waals surface area contributed by atoms with Gasteiger partial charge in [0.1, 0.15) is 6.61 Å². The molecule has 2 rings (SSSR count). The third-order valence-corrected chi connectivity index (χ3v) is 3.25. The van der Waals surface area contributed by atoms with Gasteiger partial charge < -0.3 is 9.47 Å². The van der Waals surface area contributed by atoms with Gasteiger partial charge in [-0.15, -0.1) is 0 Å². The average Bonchev–Trinajstić information content (AvgIpc) is 2.65. The van der Waals surface area contributed by atoms with Crippen LogP contribution < -0.4 is 0 Å². The van der Waals surface area contributed by atoms with Gasteiger partial charge in [-0.1, -0.05) is 44.2 Å². The van der Waals surface area contributed by atoms with Crippen molar-refractivity contribution in [3.8, 4) is 0 Å². The molecule has 0 fully saturated rings. The number of cyclic esters (lactones) is 1. The van der Waals surface area contributed by atoms with Crippen LogP contribution >= 0.6 is 0 Å². The Morgan fingerprint density at radius 2 is 2.00 bits per heavy atom. The predicted molar refractivity (Wildman–Crippen MR) is 68.0 cm³/mol. The summed E-state index contributed by atoms with van der Waals surface area (Å²) in [4.78, 5) is 16.0. The lowest BCUT2D eigenvalue weighted by Crippen LogP contribution is -2.35. The summed E-state index contributed by atoms with van der Waals surface area (Å²) in [5.41, 5.74) is 0.181. The van der Waals surface area contributed by atoms with Crippen LogP contribution in [0.3, 0.4) is 0 Å². The van der Waals surface area contributed by atoms with Gasteiger partial charge in [0.05, 0.1) is 0 Å². The van der Waals surface area contributed by atoms with E-state index in [0.29, 0.717) is 6.61 Å². The Labute approximate surface area is 107 Å². The SMILES string of the molecule is CC(C)[C@]1(C)N=C(OCc2ccccc2)OC1=O. The smallest absolute Gasteiger partial charge is 0.392 e. The molecule has 0 radical (unpaired) electrons. The Morgan fingerprint density at radius 3 is 2.56 bits per heavy atom. The van der Waals surface area contributed by atoms with Gasteiger partial charge in [-0.3, -0.25) is 0 Å². The number of rotatable bonds is 3. The second kappa shape index (κ2) is 4.80. The molecule has 0 bridgehead atoms. The number of nitrogens with zero attached hydrogens (tertiary/aromatic N) is 1. The highest BCUT2D eigenvalue weighted by Gasteiger charge is 2.45. The van der Waals surface area contributed by atoms with Gasteiger partial charge in [-0.2, -0.15) is 4.99 Å². The summed E-state index contributed by atoms with van der Waals surface area (Å²) in [6, 6.07) is 9.68. The van der Waals surface area contributed by atoms with Crippen LogP contribution in [-0.4, -0.2) is 17.6 Å². The lowest BCUT2D eigenvalue weighted by Gasteiger charge is -2.19. The number of benzene rings is 1. The van der Waals surface area contributed by atoms with Crippen molar-refractivity contribution in [1.29, 1.82) is 0 Å². The quantitative estimate of drug-likeness (QED) is 0.771. The molecule has 18 heavy (non-hydrogen) atoms. The molecule has 0 aromatic heterocycles. The van der Waals surface area contributed by atoms with Gasteiger partial charge in [0.15, 0.2) is 5.54 Å². The molecule has 1 aliphatic heterocycles. The Bertz CT molecular complexity index is 467. The maximum absolute atomic E-state index is 11.7. The van der Waals surface area contributed by atoms with E-state index in [-0.39, 0.29) is 18.0 Å². The van der Waals surface area contributed by atoms with Crippen molar-refractivity contribution in [3.05, 3.63) is 35.9 Å². The molecule has 4 heteroatoms. The Hall–Kier alpha value is -1.84. The zero-order valence-electron chi connectivity index (χ0n) is 10.8. The minimum atomic E-state index is -0.827. The van der Waals surface area contributed by atoms with Crippen LogP contribution in [0.25, 0.3) is 0 Å². The molecule has 0 amide bonds. The van der Waals surface area contributed by atoms with Crippen LogP contribution in [0.4, 0.5) is 0 Å². The number of ether oxygens (including phenoxy) is 2. The molecular weight excluding hydrogens is 230 g/mol. The monoisotopic (exact) mass is 247 g/mol. The minimum absolute atomic E-state index is 0.0695. The van der Waals surface area contributed by atoms with E-state index >= 15 is 0 Å². The molecule has 1 heterocycles. The second-order valence-corrected chi connectivity index (χ2v) is 4.84. The van der Waals surface area contributed by atoms with E-state index in [9.17, 15) is 4.79 Å². The first-order valence-corrected chi connectivity index (χ1v) is 6.01. The fourth-order valence-corrected chi connectivity index (χ4v) is 1.59. The van der Waals surface area contributed by atoms with Crippen LogP contribution in [0.5, 0.6) is 0 Å². The molecule has 1 aliphatic rings. The van der Waals surface area contributed by atoms with Crippen LogP contribution in [0.2, 0.25) is 0 Å². The second-order valence-electron chi connectivity index (χ2n) is 4.84. The largest absolute Gasteiger partial charge is 0.445 e. The average molecular weight is 247 g/mol. The number of hydrogen-bond donors (Lipinski definition) is 0. The highest BCUT2D eigenvalue weighted by Crippen LogP contribution is 2.28. The fraction of sp³-hybridized carbons (Fsp3) is 0.429. The maximum atomic E-state index is 11.7. The molecule has 0 N–H and O–H groups in total. The van der Waals surface area contributed by atoms with Crippen LogP contribution in [0, 0.1) is 5.92 Å². The summed E-state index contributed by atoms with van der Waals surface area (Å²) in [5.74, 6) is -0.275. The first-order chi connectivity index (χ1) is 8.52. The van der Waals surface area contributed by atoms with Gasteiger partial charge in [-0.05, 0) is 18.4 Å². The van der Waals surface area contributed by atoms with E-state index in [4.69, 9.17) is 9.47 Å². The fourth-order valence-electron chi connectivity index (χ4n) is 1.59. The Morgan fingerprint density at radius 1 is 1.33 bits per heavy atom. The van der Waals surface area contributed by atoms with E-state index in [0.717, 1.165) is 5.56 Å². The van der Waals surface area contributed by atoms with Crippen molar-refractivity contribution in [3.63, 3.8) is 0 Å². The predicted octanol–water partition coefficient (Wildman–Crippen LogP) is 2.53. The van der Waals surface area contributed by atoms with Crippen LogP contribution in [-0.2, 0) is 20.9 Å². The summed E-state index contributed by atoms with van der Waals surface area (Å²) in [6.45, 7) is 5.98. The van der Waals surface area contributed by atoms with Crippen molar-refractivity contribution < 1.29 is 14.3 Å². The summed E-state index contributed by atoms with van der Waals surface area (Å²) < 4.78 is 10.5. The summed E-state index contributed by atoms with van der Waals surface area (Å²) in [5, 5.41) is 0. The van der Waals surface area contributed by atoms with E-state index in [2.05, 4.69) is 4.99 Å². The van der Waals surface area contributed by atoms with Crippen molar-refractivity contribution in [2.45, 2.75) is 32.9 Å². The first kappa shape index (κ1) is 12.6. The molecule has 1 atom stereocenters. The molecule has 0 unspecified atom stereocenters. The molecule has 1 aromatic rings. The molecule has 0 spiro atoms. The summed E-state index contributed by atoms with van der Waals surface area (Å²) in [6.07, 6.45) is 0.0695. The Kier molecular flexibility index (Phi) is 3.36. The summed E-state index contributed by atoms with van der Waals surface area (Å²) >= 11 is 0. The number of carbonyl (C=O) groups is 1. The van der Waals surface area contributed by atoms with Crippen molar-refractivity contribution in [2.24, 2.45) is 10.9 Å². The molecule has 0 aliphatic carbocycles. The van der Waals surface area contributed by atoms with Crippen molar-refractivity contribution in [2.75, 3.05) is 0 Å². The summed E-state index contributed by atoms with van der Waals surface area (Å²) in [7, 11) is 0. The van der Waals surface area contributed by atoms with Gasteiger partial charge in [0.25, 0.3) is 0 Å². The number of carbonyl (C=O) groups excluding carboxylic acids is 1. The molecule has 0 saturated heterocycles. The Balaban J connectivity index is 2.02. The van der Waals surface area contributed by atoms with Crippen molar-refractivity contribution >= 4 is 12.1 Å². The molecular formula is C14H17NO3. The van der Waals surface area contributed by atoms with Crippen LogP contribution in [0.15, 0.2) is 35.3 Å². The van der Waals surface area contributed by atoms with Crippen LogP contribution in [0.1, 0.15) is 26.3 Å². The highest BCUT2D eigenvalue weighted by atomic mass is 16.7. The first-order valence-electron chi connectivity index (χ1n) is 6.01.